The third-order valence-electron chi connectivity index (χ3n) is 3.11. The number of rotatable bonds is 5. The lowest BCUT2D eigenvalue weighted by Gasteiger charge is -2.22. The largest absolute Gasteiger partial charge is 0.399 e. The Kier molecular flexibility index (Phi) is 3.67. The summed E-state index contributed by atoms with van der Waals surface area (Å²) in [5, 5.41) is 0. The van der Waals surface area contributed by atoms with E-state index in [4.69, 9.17) is 5.73 Å². The first-order chi connectivity index (χ1) is 8.20. The van der Waals surface area contributed by atoms with Gasteiger partial charge >= 0.3 is 0 Å². The Bertz CT molecular complexity index is 382. The van der Waals surface area contributed by atoms with Crippen LogP contribution in [0.15, 0.2) is 24.3 Å². The van der Waals surface area contributed by atoms with Crippen LogP contribution in [0.4, 0.5) is 11.4 Å². The molecule has 0 radical (unpaired) electrons. The molecule has 1 fully saturated rings. The average Bonchev–Trinajstić information content (AvgIpc) is 3.11. The van der Waals surface area contributed by atoms with Gasteiger partial charge in [-0.25, -0.2) is 0 Å². The predicted molar refractivity (Wildman–Crippen MR) is 70.8 cm³/mol. The molecule has 0 saturated heterocycles. The molecule has 3 heteroatoms. The number of nitrogen functional groups attached to an aromatic ring is 1. The maximum Gasteiger partial charge on any atom is 0.227 e. The predicted octanol–water partition coefficient (Wildman–Crippen LogP) is 2.81. The third kappa shape index (κ3) is 3.22. The standard InChI is InChI=1S/C14H20N2O/c1-2-9-16(14(17)10-11-3-4-11)13-7-5-12(15)6-8-13/h5-8,11H,2-4,9-10,15H2,1H3. The van der Waals surface area contributed by atoms with Gasteiger partial charge in [-0.2, -0.15) is 0 Å². The Balaban J connectivity index is 2.09. The first kappa shape index (κ1) is 12.0. The lowest BCUT2D eigenvalue weighted by Crippen LogP contribution is -2.31. The number of nitrogens with two attached hydrogens (primary N) is 1. The minimum Gasteiger partial charge on any atom is -0.399 e. The van der Waals surface area contributed by atoms with Gasteiger partial charge in [-0.05, 0) is 49.4 Å². The van der Waals surface area contributed by atoms with Crippen LogP contribution in [-0.4, -0.2) is 12.5 Å². The third-order valence-corrected chi connectivity index (χ3v) is 3.11. The maximum atomic E-state index is 12.2. The highest BCUT2D eigenvalue weighted by Gasteiger charge is 2.27. The van der Waals surface area contributed by atoms with E-state index >= 15 is 0 Å². The van der Waals surface area contributed by atoms with Gasteiger partial charge in [0.1, 0.15) is 0 Å². The first-order valence-corrected chi connectivity index (χ1v) is 6.36. The Morgan fingerprint density at radius 3 is 2.53 bits per heavy atom. The molecule has 17 heavy (non-hydrogen) atoms. The van der Waals surface area contributed by atoms with Gasteiger partial charge in [0.2, 0.25) is 5.91 Å². The summed E-state index contributed by atoms with van der Waals surface area (Å²) in [6.45, 7) is 2.88. The van der Waals surface area contributed by atoms with Crippen molar-refractivity contribution in [3.63, 3.8) is 0 Å². The van der Waals surface area contributed by atoms with Crippen LogP contribution in [0, 0.1) is 5.92 Å². The van der Waals surface area contributed by atoms with Gasteiger partial charge in [0.25, 0.3) is 0 Å². The van der Waals surface area contributed by atoms with Gasteiger partial charge in [-0.1, -0.05) is 6.92 Å². The average molecular weight is 232 g/mol. The number of carbonyl (C=O) groups excluding carboxylic acids is 1. The van der Waals surface area contributed by atoms with E-state index in [1.165, 1.54) is 12.8 Å². The van der Waals surface area contributed by atoms with Crippen molar-refractivity contribution in [2.24, 2.45) is 5.92 Å². The van der Waals surface area contributed by atoms with Crippen LogP contribution in [-0.2, 0) is 4.79 Å². The highest BCUT2D eigenvalue weighted by atomic mass is 16.2. The summed E-state index contributed by atoms with van der Waals surface area (Å²) in [4.78, 5) is 14.1. The molecule has 92 valence electrons. The fourth-order valence-electron chi connectivity index (χ4n) is 1.95. The summed E-state index contributed by atoms with van der Waals surface area (Å²) < 4.78 is 0. The van der Waals surface area contributed by atoms with Crippen molar-refractivity contribution in [1.82, 2.24) is 0 Å². The van der Waals surface area contributed by atoms with Crippen molar-refractivity contribution in [2.45, 2.75) is 32.6 Å². The smallest absolute Gasteiger partial charge is 0.227 e. The minimum atomic E-state index is 0.249. The summed E-state index contributed by atoms with van der Waals surface area (Å²) >= 11 is 0. The molecule has 0 heterocycles. The Hall–Kier alpha value is -1.51. The van der Waals surface area contributed by atoms with Crippen LogP contribution in [0.1, 0.15) is 32.6 Å². The van der Waals surface area contributed by atoms with Crippen molar-refractivity contribution in [1.29, 1.82) is 0 Å². The molecule has 2 N–H and O–H groups in total. The Morgan fingerprint density at radius 2 is 2.00 bits per heavy atom. The molecule has 0 aromatic heterocycles. The molecule has 0 atom stereocenters. The number of carbonyl (C=O) groups is 1. The van der Waals surface area contributed by atoms with Gasteiger partial charge < -0.3 is 10.6 Å². The number of anilines is 2. The summed E-state index contributed by atoms with van der Waals surface area (Å²) in [5.74, 6) is 0.884. The zero-order valence-electron chi connectivity index (χ0n) is 10.4. The van der Waals surface area contributed by atoms with E-state index in [2.05, 4.69) is 6.92 Å². The van der Waals surface area contributed by atoms with E-state index in [0.29, 0.717) is 12.3 Å². The van der Waals surface area contributed by atoms with Crippen LogP contribution >= 0.6 is 0 Å². The fraction of sp³-hybridized carbons (Fsp3) is 0.500. The Morgan fingerprint density at radius 1 is 1.35 bits per heavy atom. The molecule has 0 aliphatic heterocycles. The maximum absolute atomic E-state index is 12.2. The van der Waals surface area contributed by atoms with Crippen molar-refractivity contribution >= 4 is 17.3 Å². The van der Waals surface area contributed by atoms with Gasteiger partial charge in [-0.3, -0.25) is 4.79 Å². The van der Waals surface area contributed by atoms with Crippen molar-refractivity contribution in [3.05, 3.63) is 24.3 Å². The van der Waals surface area contributed by atoms with Crippen LogP contribution in [0.3, 0.4) is 0 Å². The zero-order chi connectivity index (χ0) is 12.3. The second-order valence-corrected chi connectivity index (χ2v) is 4.78. The topological polar surface area (TPSA) is 46.3 Å². The number of nitrogens with zero attached hydrogens (tertiary/aromatic N) is 1. The number of hydrogen-bond donors (Lipinski definition) is 1. The lowest BCUT2D eigenvalue weighted by molar-refractivity contribution is -0.118. The van der Waals surface area contributed by atoms with Crippen molar-refractivity contribution in [3.8, 4) is 0 Å². The molecule has 1 amide bonds. The van der Waals surface area contributed by atoms with Crippen molar-refractivity contribution < 1.29 is 4.79 Å². The molecule has 1 aromatic carbocycles. The fourth-order valence-corrected chi connectivity index (χ4v) is 1.95. The lowest BCUT2D eigenvalue weighted by atomic mass is 10.2. The van der Waals surface area contributed by atoms with Crippen LogP contribution in [0.25, 0.3) is 0 Å². The van der Waals surface area contributed by atoms with Gasteiger partial charge in [-0.15, -0.1) is 0 Å². The zero-order valence-corrected chi connectivity index (χ0v) is 10.4. The second kappa shape index (κ2) is 5.21. The van der Waals surface area contributed by atoms with Gasteiger partial charge in [0.05, 0.1) is 0 Å². The summed E-state index contributed by atoms with van der Waals surface area (Å²) in [7, 11) is 0. The summed E-state index contributed by atoms with van der Waals surface area (Å²) in [6, 6.07) is 7.55. The molecule has 1 aromatic rings. The number of amides is 1. The molecule has 2 rings (SSSR count). The summed E-state index contributed by atoms with van der Waals surface area (Å²) in [5.41, 5.74) is 7.36. The highest BCUT2D eigenvalue weighted by molar-refractivity contribution is 5.93. The number of benzene rings is 1. The molecule has 0 unspecified atom stereocenters. The Labute approximate surface area is 103 Å². The van der Waals surface area contributed by atoms with Gasteiger partial charge in [0, 0.05) is 24.3 Å². The van der Waals surface area contributed by atoms with E-state index in [9.17, 15) is 4.79 Å². The molecule has 1 aliphatic carbocycles. The molecular weight excluding hydrogens is 212 g/mol. The van der Waals surface area contributed by atoms with E-state index in [-0.39, 0.29) is 5.91 Å². The molecule has 0 bridgehead atoms. The highest BCUT2D eigenvalue weighted by Crippen LogP contribution is 2.33. The second-order valence-electron chi connectivity index (χ2n) is 4.78. The number of hydrogen-bond acceptors (Lipinski definition) is 2. The monoisotopic (exact) mass is 232 g/mol. The van der Waals surface area contributed by atoms with E-state index < -0.39 is 0 Å². The minimum absolute atomic E-state index is 0.249. The van der Waals surface area contributed by atoms with Gasteiger partial charge in [0.15, 0.2) is 0 Å². The molecule has 3 nitrogen and oxygen atoms in total. The molecule has 1 aliphatic rings. The van der Waals surface area contributed by atoms with Crippen LogP contribution in [0.5, 0.6) is 0 Å². The molecule has 0 spiro atoms. The molecular formula is C14H20N2O. The molecule has 1 saturated carbocycles. The van der Waals surface area contributed by atoms with E-state index in [1.54, 1.807) is 0 Å². The van der Waals surface area contributed by atoms with Crippen LogP contribution < -0.4 is 10.6 Å². The van der Waals surface area contributed by atoms with Crippen LogP contribution in [0.2, 0.25) is 0 Å². The quantitative estimate of drug-likeness (QED) is 0.793. The van der Waals surface area contributed by atoms with E-state index in [0.717, 1.165) is 24.3 Å². The van der Waals surface area contributed by atoms with Crippen molar-refractivity contribution in [2.75, 3.05) is 17.2 Å². The SMILES string of the molecule is CCCN(C(=O)CC1CC1)c1ccc(N)cc1. The first-order valence-electron chi connectivity index (χ1n) is 6.36. The summed E-state index contributed by atoms with van der Waals surface area (Å²) in [6.07, 6.45) is 4.10. The van der Waals surface area contributed by atoms with E-state index in [1.807, 2.05) is 29.2 Å². The normalized spacial score (nSPS) is 14.6.